The molecular formula is C24H31NO2. The summed E-state index contributed by atoms with van der Waals surface area (Å²) in [6.45, 7) is 12.9. The molecule has 1 amide bonds. The summed E-state index contributed by atoms with van der Waals surface area (Å²) in [5.74, 6) is 0.218. The summed E-state index contributed by atoms with van der Waals surface area (Å²) in [7, 11) is 0. The molecule has 27 heavy (non-hydrogen) atoms. The van der Waals surface area contributed by atoms with Crippen molar-refractivity contribution >= 4 is 12.0 Å². The molecule has 0 unspecified atom stereocenters. The van der Waals surface area contributed by atoms with E-state index in [-0.39, 0.29) is 16.7 Å². The molecule has 2 aromatic rings. The highest BCUT2D eigenvalue weighted by Crippen LogP contribution is 2.39. The van der Waals surface area contributed by atoms with Crippen LogP contribution in [0.1, 0.15) is 63.8 Å². The van der Waals surface area contributed by atoms with Crippen molar-refractivity contribution in [2.24, 2.45) is 0 Å². The van der Waals surface area contributed by atoms with Crippen molar-refractivity contribution in [1.29, 1.82) is 0 Å². The molecule has 0 aromatic heterocycles. The van der Waals surface area contributed by atoms with Crippen LogP contribution < -0.4 is 5.32 Å². The van der Waals surface area contributed by atoms with Crippen LogP contribution in [0, 0.1) is 0 Å². The molecule has 3 heteroatoms. The van der Waals surface area contributed by atoms with Crippen molar-refractivity contribution in [3.63, 3.8) is 0 Å². The van der Waals surface area contributed by atoms with E-state index in [9.17, 15) is 9.90 Å². The third-order valence-electron chi connectivity index (χ3n) is 4.48. The van der Waals surface area contributed by atoms with Crippen LogP contribution >= 0.6 is 0 Å². The number of aromatic hydroxyl groups is 1. The standard InChI is InChI=1S/C24H31NO2/c1-23(2,3)19-14-18(15-20(22(19)27)24(4,5)6)16-25-21(26)13-12-17-10-8-7-9-11-17/h7-15,27H,16H2,1-6H3,(H,25,26)/b13-12+. The number of carbonyl (C=O) groups excluding carboxylic acids is 1. The lowest BCUT2D eigenvalue weighted by atomic mass is 9.78. The van der Waals surface area contributed by atoms with Gasteiger partial charge in [0.05, 0.1) is 0 Å². The van der Waals surface area contributed by atoms with Crippen LogP contribution in [0.4, 0.5) is 0 Å². The summed E-state index contributed by atoms with van der Waals surface area (Å²) < 4.78 is 0. The fraction of sp³-hybridized carbons (Fsp3) is 0.375. The van der Waals surface area contributed by atoms with Crippen LogP contribution in [-0.2, 0) is 22.2 Å². The number of benzene rings is 2. The Morgan fingerprint density at radius 1 is 0.963 bits per heavy atom. The maximum atomic E-state index is 12.2. The zero-order valence-corrected chi connectivity index (χ0v) is 17.3. The third kappa shape index (κ3) is 5.72. The summed E-state index contributed by atoms with van der Waals surface area (Å²) in [4.78, 5) is 12.2. The van der Waals surface area contributed by atoms with E-state index in [1.165, 1.54) is 0 Å². The summed E-state index contributed by atoms with van der Waals surface area (Å²) in [6.07, 6.45) is 3.35. The fourth-order valence-electron chi connectivity index (χ4n) is 2.92. The van der Waals surface area contributed by atoms with Gasteiger partial charge in [-0.05, 0) is 51.3 Å². The van der Waals surface area contributed by atoms with E-state index < -0.39 is 0 Å². The molecule has 2 rings (SSSR count). The molecular weight excluding hydrogens is 334 g/mol. The van der Waals surface area contributed by atoms with Crippen molar-refractivity contribution < 1.29 is 9.90 Å². The first-order valence-electron chi connectivity index (χ1n) is 9.36. The second-order valence-electron chi connectivity index (χ2n) is 9.00. The first-order chi connectivity index (χ1) is 12.5. The highest BCUT2D eigenvalue weighted by molar-refractivity contribution is 5.91. The Balaban J connectivity index is 2.20. The predicted molar refractivity (Wildman–Crippen MR) is 113 cm³/mol. The molecule has 0 saturated carbocycles. The van der Waals surface area contributed by atoms with Gasteiger partial charge >= 0.3 is 0 Å². The molecule has 0 bridgehead atoms. The molecule has 0 atom stereocenters. The molecule has 0 saturated heterocycles. The predicted octanol–water partition coefficient (Wildman–Crippen LogP) is 5.32. The highest BCUT2D eigenvalue weighted by Gasteiger charge is 2.26. The second-order valence-corrected chi connectivity index (χ2v) is 9.00. The monoisotopic (exact) mass is 365 g/mol. The summed E-state index contributed by atoms with van der Waals surface area (Å²) in [5, 5.41) is 13.7. The Bertz CT molecular complexity index is 787. The van der Waals surface area contributed by atoms with E-state index in [1.807, 2.05) is 42.5 Å². The minimum absolute atomic E-state index is 0.137. The van der Waals surface area contributed by atoms with Gasteiger partial charge in [0.2, 0.25) is 5.91 Å². The summed E-state index contributed by atoms with van der Waals surface area (Å²) in [5.41, 5.74) is 3.42. The first kappa shape index (κ1) is 20.8. The number of hydrogen-bond donors (Lipinski definition) is 2. The van der Waals surface area contributed by atoms with Gasteiger partial charge in [0, 0.05) is 12.6 Å². The van der Waals surface area contributed by atoms with Crippen LogP contribution in [0.5, 0.6) is 5.75 Å². The lowest BCUT2D eigenvalue weighted by Crippen LogP contribution is -2.22. The molecule has 0 aliphatic carbocycles. The largest absolute Gasteiger partial charge is 0.507 e. The van der Waals surface area contributed by atoms with E-state index in [0.717, 1.165) is 22.3 Å². The molecule has 3 nitrogen and oxygen atoms in total. The van der Waals surface area contributed by atoms with E-state index >= 15 is 0 Å². The lowest BCUT2D eigenvalue weighted by molar-refractivity contribution is -0.116. The van der Waals surface area contributed by atoms with Crippen molar-refractivity contribution in [2.45, 2.75) is 58.9 Å². The molecule has 0 aliphatic rings. The van der Waals surface area contributed by atoms with Crippen molar-refractivity contribution in [3.8, 4) is 5.75 Å². The Labute approximate surface area is 163 Å². The normalized spacial score (nSPS) is 12.4. The number of phenolic OH excluding ortho intramolecular Hbond substituents is 1. The number of nitrogens with one attached hydrogen (secondary N) is 1. The molecule has 0 radical (unpaired) electrons. The zero-order valence-electron chi connectivity index (χ0n) is 17.3. The molecule has 2 N–H and O–H groups in total. The van der Waals surface area contributed by atoms with Gasteiger partial charge in [0.15, 0.2) is 0 Å². The molecule has 144 valence electrons. The SMILES string of the molecule is CC(C)(C)c1cc(CNC(=O)/C=C/c2ccccc2)cc(C(C)(C)C)c1O. The number of phenols is 1. The Morgan fingerprint density at radius 3 is 1.96 bits per heavy atom. The summed E-state index contributed by atoms with van der Waals surface area (Å²) in [6, 6.07) is 13.7. The van der Waals surface area contributed by atoms with E-state index in [1.54, 1.807) is 12.2 Å². The Hall–Kier alpha value is -2.55. The maximum absolute atomic E-state index is 12.2. The smallest absolute Gasteiger partial charge is 0.244 e. The number of amides is 1. The van der Waals surface area contributed by atoms with E-state index in [4.69, 9.17) is 0 Å². The van der Waals surface area contributed by atoms with Gasteiger partial charge in [0.25, 0.3) is 0 Å². The molecule has 2 aromatic carbocycles. The number of hydrogen-bond acceptors (Lipinski definition) is 2. The van der Waals surface area contributed by atoms with Crippen LogP contribution in [0.2, 0.25) is 0 Å². The van der Waals surface area contributed by atoms with Gasteiger partial charge in [-0.1, -0.05) is 71.9 Å². The molecule has 0 fully saturated rings. The van der Waals surface area contributed by atoms with Gasteiger partial charge in [-0.3, -0.25) is 4.79 Å². The minimum Gasteiger partial charge on any atom is -0.507 e. The van der Waals surface area contributed by atoms with Crippen LogP contribution in [0.25, 0.3) is 6.08 Å². The lowest BCUT2D eigenvalue weighted by Gasteiger charge is -2.28. The Morgan fingerprint density at radius 2 is 1.48 bits per heavy atom. The van der Waals surface area contributed by atoms with Gasteiger partial charge in [-0.2, -0.15) is 0 Å². The van der Waals surface area contributed by atoms with Gasteiger partial charge in [-0.25, -0.2) is 0 Å². The van der Waals surface area contributed by atoms with Gasteiger partial charge in [0.1, 0.15) is 5.75 Å². The number of carbonyl (C=O) groups is 1. The average Bonchev–Trinajstić information content (AvgIpc) is 2.58. The minimum atomic E-state index is -0.183. The number of rotatable bonds is 4. The van der Waals surface area contributed by atoms with Crippen LogP contribution in [0.3, 0.4) is 0 Å². The van der Waals surface area contributed by atoms with E-state index in [0.29, 0.717) is 12.3 Å². The molecule has 0 aliphatic heterocycles. The van der Waals surface area contributed by atoms with Gasteiger partial charge in [-0.15, -0.1) is 0 Å². The fourth-order valence-corrected chi connectivity index (χ4v) is 2.92. The third-order valence-corrected chi connectivity index (χ3v) is 4.48. The van der Waals surface area contributed by atoms with Gasteiger partial charge < -0.3 is 10.4 Å². The van der Waals surface area contributed by atoms with Crippen molar-refractivity contribution in [2.75, 3.05) is 0 Å². The quantitative estimate of drug-likeness (QED) is 0.721. The maximum Gasteiger partial charge on any atom is 0.244 e. The summed E-state index contributed by atoms with van der Waals surface area (Å²) >= 11 is 0. The topological polar surface area (TPSA) is 49.3 Å². The van der Waals surface area contributed by atoms with Crippen molar-refractivity contribution in [3.05, 3.63) is 70.8 Å². The highest BCUT2D eigenvalue weighted by atomic mass is 16.3. The zero-order chi connectivity index (χ0) is 20.2. The van der Waals surface area contributed by atoms with Crippen LogP contribution in [0.15, 0.2) is 48.5 Å². The molecule has 0 spiro atoms. The second kappa shape index (κ2) is 7.99. The average molecular weight is 366 g/mol. The van der Waals surface area contributed by atoms with Crippen LogP contribution in [-0.4, -0.2) is 11.0 Å². The van der Waals surface area contributed by atoms with Crippen molar-refractivity contribution in [1.82, 2.24) is 5.32 Å². The molecule has 0 heterocycles. The first-order valence-corrected chi connectivity index (χ1v) is 9.36. The Kier molecular flexibility index (Phi) is 6.15. The van der Waals surface area contributed by atoms with E-state index in [2.05, 4.69) is 46.9 Å².